The van der Waals surface area contributed by atoms with Crippen LogP contribution in [0.2, 0.25) is 0 Å². The Labute approximate surface area is 121 Å². The summed E-state index contributed by atoms with van der Waals surface area (Å²) in [6.45, 7) is 4.13. The molecule has 108 valence electrons. The monoisotopic (exact) mass is 272 g/mol. The zero-order valence-corrected chi connectivity index (χ0v) is 12.3. The molecule has 1 aromatic rings. The van der Waals surface area contributed by atoms with Gasteiger partial charge in [-0.05, 0) is 56.3 Å². The molecule has 2 aliphatic rings. The molecule has 0 radical (unpaired) electrons. The van der Waals surface area contributed by atoms with Crippen LogP contribution in [0.25, 0.3) is 0 Å². The van der Waals surface area contributed by atoms with Crippen LogP contribution in [0, 0.1) is 5.92 Å². The third-order valence-corrected chi connectivity index (χ3v) is 3.88. The molecule has 1 saturated heterocycles. The number of nitrogens with one attached hydrogen (secondary N) is 1. The summed E-state index contributed by atoms with van der Waals surface area (Å²) in [7, 11) is 0. The first kappa shape index (κ1) is 14.9. The molecule has 0 unspecified atom stereocenters. The van der Waals surface area contributed by atoms with Gasteiger partial charge < -0.3 is 10.1 Å². The zero-order chi connectivity index (χ0) is 14.2. The summed E-state index contributed by atoms with van der Waals surface area (Å²) in [5.41, 5.74) is 4.07. The fourth-order valence-corrected chi connectivity index (χ4v) is 2.76. The fourth-order valence-electron chi connectivity index (χ4n) is 2.76. The van der Waals surface area contributed by atoms with Crippen molar-refractivity contribution < 1.29 is 4.79 Å². The first-order valence-corrected chi connectivity index (χ1v) is 7.65. The van der Waals surface area contributed by atoms with Crippen molar-refractivity contribution in [1.29, 1.82) is 0 Å². The summed E-state index contributed by atoms with van der Waals surface area (Å²) >= 11 is 0. The van der Waals surface area contributed by atoms with Gasteiger partial charge in [0.25, 0.3) is 0 Å². The summed E-state index contributed by atoms with van der Waals surface area (Å²) in [5, 5.41) is 3.42. The van der Waals surface area contributed by atoms with Gasteiger partial charge in [0.1, 0.15) is 6.29 Å². The first-order valence-electron chi connectivity index (χ1n) is 7.65. The molecule has 0 aromatic heterocycles. The van der Waals surface area contributed by atoms with Crippen LogP contribution in [0.4, 0.5) is 5.69 Å². The predicted molar refractivity (Wildman–Crippen MR) is 83.8 cm³/mol. The van der Waals surface area contributed by atoms with Crippen molar-refractivity contribution in [2.24, 2.45) is 10.9 Å². The Morgan fingerprint density at radius 3 is 2.65 bits per heavy atom. The lowest BCUT2D eigenvalue weighted by Crippen LogP contribution is -2.32. The van der Waals surface area contributed by atoms with Crippen molar-refractivity contribution in [2.75, 3.05) is 13.1 Å². The molecule has 3 heteroatoms. The van der Waals surface area contributed by atoms with E-state index >= 15 is 0 Å². The first-order chi connectivity index (χ1) is 9.85. The average Bonchev–Trinajstić information content (AvgIpc) is 2.55. The Balaban J connectivity index is 0.000000328. The number of hydrogen-bond acceptors (Lipinski definition) is 3. The third-order valence-electron chi connectivity index (χ3n) is 3.88. The molecule has 3 nitrogen and oxygen atoms in total. The summed E-state index contributed by atoms with van der Waals surface area (Å²) in [5.74, 6) is 0.731. The molecule has 3 rings (SSSR count). The minimum absolute atomic E-state index is 0.639. The number of rotatable bonds is 2. The van der Waals surface area contributed by atoms with E-state index in [1.165, 1.54) is 42.6 Å². The average molecular weight is 272 g/mol. The SMILES string of the molecule is CCC=O.c1ccc2c(c1)CCC(C1CCNCC1)=N2. The van der Waals surface area contributed by atoms with E-state index in [0.717, 1.165) is 25.3 Å². The maximum atomic E-state index is 9.17. The number of piperidine rings is 1. The van der Waals surface area contributed by atoms with Crippen LogP contribution in [0.15, 0.2) is 29.3 Å². The topological polar surface area (TPSA) is 41.5 Å². The van der Waals surface area contributed by atoms with Crippen molar-refractivity contribution in [2.45, 2.75) is 39.0 Å². The van der Waals surface area contributed by atoms with E-state index in [1.807, 2.05) is 6.92 Å². The number of para-hydroxylation sites is 1. The summed E-state index contributed by atoms with van der Waals surface area (Å²) in [6.07, 6.45) is 6.39. The van der Waals surface area contributed by atoms with Crippen molar-refractivity contribution in [1.82, 2.24) is 5.32 Å². The van der Waals surface area contributed by atoms with Crippen molar-refractivity contribution >= 4 is 17.7 Å². The number of nitrogens with zero attached hydrogens (tertiary/aromatic N) is 1. The molecule has 0 aliphatic carbocycles. The molecule has 2 aliphatic heterocycles. The second-order valence-electron chi connectivity index (χ2n) is 5.33. The van der Waals surface area contributed by atoms with Gasteiger partial charge >= 0.3 is 0 Å². The van der Waals surface area contributed by atoms with Crippen LogP contribution in [-0.2, 0) is 11.2 Å². The normalized spacial score (nSPS) is 18.4. The Morgan fingerprint density at radius 1 is 1.25 bits per heavy atom. The maximum Gasteiger partial charge on any atom is 0.119 e. The molecule has 0 bridgehead atoms. The van der Waals surface area contributed by atoms with Gasteiger partial charge in [0.15, 0.2) is 0 Å². The van der Waals surface area contributed by atoms with Crippen LogP contribution in [0.3, 0.4) is 0 Å². The quantitative estimate of drug-likeness (QED) is 0.839. The van der Waals surface area contributed by atoms with Gasteiger partial charge in [-0.3, -0.25) is 4.99 Å². The van der Waals surface area contributed by atoms with Gasteiger partial charge in [-0.1, -0.05) is 25.1 Å². The number of aryl methyl sites for hydroxylation is 1. The smallest absolute Gasteiger partial charge is 0.119 e. The Morgan fingerprint density at radius 2 is 1.95 bits per heavy atom. The molecular formula is C17H24N2O. The minimum atomic E-state index is 0.639. The highest BCUT2D eigenvalue weighted by atomic mass is 16.1. The van der Waals surface area contributed by atoms with E-state index in [0.29, 0.717) is 6.42 Å². The predicted octanol–water partition coefficient (Wildman–Crippen LogP) is 3.30. The Bertz CT molecular complexity index is 462. The highest BCUT2D eigenvalue weighted by Gasteiger charge is 2.21. The lowest BCUT2D eigenvalue weighted by Gasteiger charge is -2.26. The number of benzene rings is 1. The summed E-state index contributed by atoms with van der Waals surface area (Å²) < 4.78 is 0. The van der Waals surface area contributed by atoms with Crippen LogP contribution in [-0.4, -0.2) is 25.1 Å². The molecule has 0 atom stereocenters. The van der Waals surface area contributed by atoms with E-state index in [2.05, 4.69) is 29.6 Å². The molecular weight excluding hydrogens is 248 g/mol. The van der Waals surface area contributed by atoms with E-state index in [-0.39, 0.29) is 0 Å². The summed E-state index contributed by atoms with van der Waals surface area (Å²) in [4.78, 5) is 14.0. The van der Waals surface area contributed by atoms with Crippen molar-refractivity contribution in [3.63, 3.8) is 0 Å². The Hall–Kier alpha value is -1.48. The number of carbonyl (C=O) groups is 1. The number of aldehydes is 1. The second-order valence-corrected chi connectivity index (χ2v) is 5.33. The standard InChI is InChI=1S/C14H18N2.C3H6O/c1-2-4-13-11(3-1)5-6-14(16-13)12-7-9-15-10-8-12;1-2-3-4/h1-4,12,15H,5-10H2;3H,2H2,1H3. The lowest BCUT2D eigenvalue weighted by atomic mass is 9.87. The molecule has 0 spiro atoms. The van der Waals surface area contributed by atoms with Gasteiger partial charge in [-0.15, -0.1) is 0 Å². The molecule has 1 aromatic carbocycles. The molecule has 1 fully saturated rings. The van der Waals surface area contributed by atoms with Gasteiger partial charge in [0, 0.05) is 12.1 Å². The van der Waals surface area contributed by atoms with E-state index in [9.17, 15) is 4.79 Å². The minimum Gasteiger partial charge on any atom is -0.317 e. The molecule has 20 heavy (non-hydrogen) atoms. The maximum absolute atomic E-state index is 9.17. The van der Waals surface area contributed by atoms with Crippen LogP contribution in [0.5, 0.6) is 0 Å². The van der Waals surface area contributed by atoms with E-state index < -0.39 is 0 Å². The summed E-state index contributed by atoms with van der Waals surface area (Å²) in [6, 6.07) is 8.56. The molecule has 2 heterocycles. The second kappa shape index (κ2) is 7.95. The van der Waals surface area contributed by atoms with Gasteiger partial charge in [-0.25, -0.2) is 0 Å². The van der Waals surface area contributed by atoms with Crippen molar-refractivity contribution in [3.05, 3.63) is 29.8 Å². The van der Waals surface area contributed by atoms with Crippen molar-refractivity contribution in [3.8, 4) is 0 Å². The van der Waals surface area contributed by atoms with Gasteiger partial charge in [0.2, 0.25) is 0 Å². The molecule has 0 saturated carbocycles. The molecule has 0 amide bonds. The molecule has 1 N–H and O–H groups in total. The number of aliphatic imine (C=N–C) groups is 1. The van der Waals surface area contributed by atoms with Crippen LogP contribution < -0.4 is 5.32 Å². The fraction of sp³-hybridized carbons (Fsp3) is 0.529. The van der Waals surface area contributed by atoms with Crippen LogP contribution >= 0.6 is 0 Å². The highest BCUT2D eigenvalue weighted by Crippen LogP contribution is 2.29. The van der Waals surface area contributed by atoms with Crippen LogP contribution in [0.1, 0.15) is 38.2 Å². The van der Waals surface area contributed by atoms with E-state index in [1.54, 1.807) is 0 Å². The third kappa shape index (κ3) is 4.01. The van der Waals surface area contributed by atoms with E-state index in [4.69, 9.17) is 4.99 Å². The number of fused-ring (bicyclic) bond motifs is 1. The number of carbonyl (C=O) groups excluding carboxylic acids is 1. The Kier molecular flexibility index (Phi) is 5.93. The highest BCUT2D eigenvalue weighted by molar-refractivity contribution is 5.91. The largest absolute Gasteiger partial charge is 0.317 e. The van der Waals surface area contributed by atoms with Gasteiger partial charge in [0.05, 0.1) is 5.69 Å². The van der Waals surface area contributed by atoms with Gasteiger partial charge in [-0.2, -0.15) is 0 Å². The zero-order valence-electron chi connectivity index (χ0n) is 12.3. The lowest BCUT2D eigenvalue weighted by molar-refractivity contribution is -0.107. The number of hydrogen-bond donors (Lipinski definition) is 1.